The summed E-state index contributed by atoms with van der Waals surface area (Å²) in [6.07, 6.45) is 1.69. The summed E-state index contributed by atoms with van der Waals surface area (Å²) in [6, 6.07) is 12.1. The van der Waals surface area contributed by atoms with Gasteiger partial charge in [-0.25, -0.2) is 13.8 Å². The van der Waals surface area contributed by atoms with Crippen molar-refractivity contribution in [3.63, 3.8) is 0 Å². The van der Waals surface area contributed by atoms with Crippen molar-refractivity contribution in [3.05, 3.63) is 88.2 Å². The molecule has 14 heteroatoms. The first-order valence-corrected chi connectivity index (χ1v) is 14.6. The molecule has 3 heterocycles. The molecule has 0 amide bonds. The van der Waals surface area contributed by atoms with Crippen LogP contribution in [0.25, 0.3) is 17.1 Å². The fraction of sp³-hybridized carbons (Fsp3) is 0.321. The van der Waals surface area contributed by atoms with Crippen molar-refractivity contribution in [3.8, 4) is 22.9 Å². The number of aryl methyl sites for hydroxylation is 1. The maximum absolute atomic E-state index is 14.0. The number of nitrogens with zero attached hydrogens (tertiary/aromatic N) is 6. The van der Waals surface area contributed by atoms with Gasteiger partial charge >= 0.3 is 5.56 Å². The molecule has 11 nitrogen and oxygen atoms in total. The lowest BCUT2D eigenvalue weighted by atomic mass is 10.2. The van der Waals surface area contributed by atoms with E-state index in [4.69, 9.17) is 9.15 Å². The second kappa shape index (κ2) is 12.0. The minimum Gasteiger partial charge on any atom is -0.486 e. The quantitative estimate of drug-likeness (QED) is 0.288. The fourth-order valence-corrected chi connectivity index (χ4v) is 5.73. The van der Waals surface area contributed by atoms with Crippen LogP contribution in [0, 0.1) is 18.6 Å². The van der Waals surface area contributed by atoms with Crippen molar-refractivity contribution in [2.75, 3.05) is 51.8 Å². The van der Waals surface area contributed by atoms with E-state index in [1.165, 1.54) is 24.6 Å². The molecule has 0 spiro atoms. The number of aromatic nitrogens is 3. The Labute approximate surface area is 241 Å². The summed E-state index contributed by atoms with van der Waals surface area (Å²) >= 11 is 0. The van der Waals surface area contributed by atoms with Gasteiger partial charge in [0.1, 0.15) is 23.1 Å². The highest BCUT2D eigenvalue weighted by atomic mass is 32.2. The molecule has 2 aromatic carbocycles. The van der Waals surface area contributed by atoms with Gasteiger partial charge in [0.25, 0.3) is 10.2 Å². The largest absolute Gasteiger partial charge is 0.486 e. The van der Waals surface area contributed by atoms with Crippen LogP contribution >= 0.6 is 0 Å². The van der Waals surface area contributed by atoms with Gasteiger partial charge < -0.3 is 14.1 Å². The van der Waals surface area contributed by atoms with E-state index in [0.717, 1.165) is 26.7 Å². The van der Waals surface area contributed by atoms with Crippen molar-refractivity contribution in [1.82, 2.24) is 23.4 Å². The normalized spacial score (nSPS) is 14.5. The Morgan fingerprint density at radius 3 is 2.33 bits per heavy atom. The summed E-state index contributed by atoms with van der Waals surface area (Å²) < 4.78 is 68.3. The lowest BCUT2D eigenvalue weighted by molar-refractivity contribution is 0.310. The van der Waals surface area contributed by atoms with E-state index < -0.39 is 27.4 Å². The topological polar surface area (TPSA) is 114 Å². The van der Waals surface area contributed by atoms with Gasteiger partial charge in [0, 0.05) is 58.3 Å². The van der Waals surface area contributed by atoms with Gasteiger partial charge in [-0.3, -0.25) is 4.79 Å². The summed E-state index contributed by atoms with van der Waals surface area (Å²) in [6.45, 7) is 2.73. The zero-order valence-corrected chi connectivity index (χ0v) is 24.1. The van der Waals surface area contributed by atoms with Crippen molar-refractivity contribution < 1.29 is 26.4 Å². The standard InChI is InChI=1S/C28H30F2N6O5S/c1-19-24(32-27(41-19)20-7-5-4-6-8-20)9-14-40-26-25(34-10-12-35(13-11-34)42(38,39)33(2)3)18-31-36(28(26)37)23-16-21(29)15-22(30)17-23/h4-8,15-18H,9-14H2,1-3H3. The van der Waals surface area contributed by atoms with E-state index in [2.05, 4.69) is 10.1 Å². The maximum atomic E-state index is 14.0. The van der Waals surface area contributed by atoms with E-state index in [0.29, 0.717) is 35.5 Å². The van der Waals surface area contributed by atoms with Crippen LogP contribution in [0.4, 0.5) is 14.5 Å². The van der Waals surface area contributed by atoms with Crippen LogP contribution in [-0.2, 0) is 16.6 Å². The van der Waals surface area contributed by atoms with E-state index >= 15 is 0 Å². The third-order valence-corrected chi connectivity index (χ3v) is 8.81. The number of benzene rings is 2. The van der Waals surface area contributed by atoms with E-state index in [9.17, 15) is 22.0 Å². The predicted octanol–water partition coefficient (Wildman–Crippen LogP) is 3.02. The molecule has 222 valence electrons. The van der Waals surface area contributed by atoms with Gasteiger partial charge in [-0.2, -0.15) is 26.8 Å². The molecule has 1 saturated heterocycles. The lowest BCUT2D eigenvalue weighted by Gasteiger charge is -2.36. The van der Waals surface area contributed by atoms with Gasteiger partial charge in [0.15, 0.2) is 0 Å². The van der Waals surface area contributed by atoms with Crippen molar-refractivity contribution in [2.24, 2.45) is 0 Å². The van der Waals surface area contributed by atoms with Crippen LogP contribution in [-0.4, -0.2) is 78.7 Å². The Morgan fingerprint density at radius 1 is 1.02 bits per heavy atom. The average molecular weight is 601 g/mol. The third kappa shape index (κ3) is 6.05. The number of hydrogen-bond donors (Lipinski definition) is 0. The van der Waals surface area contributed by atoms with Crippen LogP contribution in [0.1, 0.15) is 11.5 Å². The van der Waals surface area contributed by atoms with Gasteiger partial charge in [0.05, 0.1) is 24.2 Å². The second-order valence-electron chi connectivity index (χ2n) is 9.87. The molecule has 1 aliphatic heterocycles. The Hall–Kier alpha value is -4.14. The van der Waals surface area contributed by atoms with Crippen LogP contribution in [0.15, 0.2) is 63.9 Å². The summed E-state index contributed by atoms with van der Waals surface area (Å²) in [5, 5.41) is 4.16. The average Bonchev–Trinajstić information content (AvgIpc) is 3.34. The molecular formula is C28H30F2N6O5S. The van der Waals surface area contributed by atoms with Gasteiger partial charge in [0.2, 0.25) is 11.6 Å². The molecule has 0 bridgehead atoms. The molecule has 1 aliphatic rings. The predicted molar refractivity (Wildman–Crippen MR) is 152 cm³/mol. The van der Waals surface area contributed by atoms with Gasteiger partial charge in [-0.05, 0) is 31.2 Å². The molecule has 4 aromatic rings. The molecule has 42 heavy (non-hydrogen) atoms. The smallest absolute Gasteiger partial charge is 0.316 e. The molecule has 0 saturated carbocycles. The Kier molecular flexibility index (Phi) is 8.38. The molecule has 0 N–H and O–H groups in total. The summed E-state index contributed by atoms with van der Waals surface area (Å²) in [4.78, 5) is 20.0. The molecule has 1 fully saturated rings. The number of hydrogen-bond acceptors (Lipinski definition) is 8. The number of piperazine rings is 1. The Bertz CT molecular complexity index is 1720. The number of oxazole rings is 1. The molecule has 5 rings (SSSR count). The van der Waals surface area contributed by atoms with Crippen molar-refractivity contribution in [1.29, 1.82) is 0 Å². The first-order chi connectivity index (χ1) is 20.0. The zero-order valence-electron chi connectivity index (χ0n) is 23.3. The zero-order chi connectivity index (χ0) is 30.0. The maximum Gasteiger partial charge on any atom is 0.316 e. The molecule has 0 atom stereocenters. The van der Waals surface area contributed by atoms with Gasteiger partial charge in [-0.1, -0.05) is 18.2 Å². The number of rotatable bonds is 9. The van der Waals surface area contributed by atoms with Crippen LogP contribution in [0.5, 0.6) is 5.75 Å². The van der Waals surface area contributed by atoms with Crippen molar-refractivity contribution >= 4 is 15.9 Å². The SMILES string of the molecule is Cc1oc(-c2ccccc2)nc1CCOc1c(N2CCN(S(=O)(=O)N(C)C)CC2)cnn(-c2cc(F)cc(F)c2)c1=O. The minimum absolute atomic E-state index is 0.0420. The Morgan fingerprint density at radius 2 is 1.69 bits per heavy atom. The first-order valence-electron chi connectivity index (χ1n) is 13.2. The van der Waals surface area contributed by atoms with Crippen LogP contribution < -0.4 is 15.2 Å². The highest BCUT2D eigenvalue weighted by Crippen LogP contribution is 2.27. The summed E-state index contributed by atoms with van der Waals surface area (Å²) in [5.74, 6) is -0.728. The monoisotopic (exact) mass is 600 g/mol. The van der Waals surface area contributed by atoms with Gasteiger partial charge in [-0.15, -0.1) is 0 Å². The van der Waals surface area contributed by atoms with E-state index in [-0.39, 0.29) is 44.2 Å². The highest BCUT2D eigenvalue weighted by Gasteiger charge is 2.30. The highest BCUT2D eigenvalue weighted by molar-refractivity contribution is 7.86. The summed E-state index contributed by atoms with van der Waals surface area (Å²) in [7, 11) is -0.673. The van der Waals surface area contributed by atoms with Crippen molar-refractivity contribution in [2.45, 2.75) is 13.3 Å². The first kappa shape index (κ1) is 29.4. The minimum atomic E-state index is -3.60. The third-order valence-electron chi connectivity index (χ3n) is 6.87. The van der Waals surface area contributed by atoms with Crippen LogP contribution in [0.3, 0.4) is 0 Å². The molecule has 0 radical (unpaired) electrons. The molecule has 2 aromatic heterocycles. The molecule has 0 unspecified atom stereocenters. The summed E-state index contributed by atoms with van der Waals surface area (Å²) in [5.41, 5.74) is 1.000. The number of ether oxygens (including phenoxy) is 1. The number of halogens is 2. The second-order valence-corrected chi connectivity index (χ2v) is 12.0. The van der Waals surface area contributed by atoms with E-state index in [1.54, 1.807) is 11.8 Å². The lowest BCUT2D eigenvalue weighted by Crippen LogP contribution is -2.52. The Balaban J connectivity index is 1.42. The fourth-order valence-electron chi connectivity index (χ4n) is 4.64. The van der Waals surface area contributed by atoms with Crippen LogP contribution in [0.2, 0.25) is 0 Å². The molecular weight excluding hydrogens is 570 g/mol. The van der Waals surface area contributed by atoms with E-state index in [1.807, 2.05) is 30.3 Å². The number of anilines is 1. The molecule has 0 aliphatic carbocycles.